The molecule has 0 bridgehead atoms. The highest BCUT2D eigenvalue weighted by molar-refractivity contribution is 6.17. The Hall–Kier alpha value is -4.68. The van der Waals surface area contributed by atoms with Crippen molar-refractivity contribution >= 4 is 22.7 Å². The standard InChI is InChI=1S/C29H23F6NO6/c1-3-24(27(38)39)40-20-6-4-5-17(13-20)15-36-16(2)25(22-12-11-21(14-23(22)36)42-29(33,34)35)26(37)18-7-9-19(10-8-18)41-28(30,31)32/h4-14,24H,3,15H2,1-2H3,(H,38,39). The molecule has 1 heterocycles. The molecular formula is C29H23F6NO6. The van der Waals surface area contributed by atoms with Crippen LogP contribution in [0.5, 0.6) is 17.2 Å². The largest absolute Gasteiger partial charge is 0.573 e. The summed E-state index contributed by atoms with van der Waals surface area (Å²) in [5.74, 6) is -2.51. The van der Waals surface area contributed by atoms with Gasteiger partial charge in [-0.1, -0.05) is 19.1 Å². The summed E-state index contributed by atoms with van der Waals surface area (Å²) in [5, 5.41) is 9.59. The van der Waals surface area contributed by atoms with Crippen molar-refractivity contribution in [2.75, 3.05) is 0 Å². The summed E-state index contributed by atoms with van der Waals surface area (Å²) in [4.78, 5) is 25.0. The van der Waals surface area contributed by atoms with Crippen molar-refractivity contribution in [2.24, 2.45) is 0 Å². The van der Waals surface area contributed by atoms with Crippen molar-refractivity contribution in [3.05, 3.63) is 89.1 Å². The van der Waals surface area contributed by atoms with Gasteiger partial charge in [0, 0.05) is 29.3 Å². The fourth-order valence-corrected chi connectivity index (χ4v) is 4.47. The molecule has 13 heteroatoms. The van der Waals surface area contributed by atoms with Gasteiger partial charge in [0.05, 0.1) is 11.1 Å². The average molecular weight is 595 g/mol. The number of carbonyl (C=O) groups is 2. The minimum absolute atomic E-state index is 0.0250. The van der Waals surface area contributed by atoms with E-state index in [-0.39, 0.29) is 40.7 Å². The first-order chi connectivity index (χ1) is 19.6. The Kier molecular flexibility index (Phi) is 8.41. The molecule has 0 saturated heterocycles. The smallest absolute Gasteiger partial charge is 0.479 e. The number of alkyl halides is 6. The number of ketones is 1. The van der Waals surface area contributed by atoms with E-state index in [0.717, 1.165) is 36.4 Å². The van der Waals surface area contributed by atoms with Crippen LogP contribution in [0.15, 0.2) is 66.7 Å². The highest BCUT2D eigenvalue weighted by Crippen LogP contribution is 2.34. The lowest BCUT2D eigenvalue weighted by atomic mass is 10.0. The topological polar surface area (TPSA) is 87.0 Å². The van der Waals surface area contributed by atoms with Crippen molar-refractivity contribution < 1.29 is 55.2 Å². The third kappa shape index (κ3) is 7.14. The third-order valence-corrected chi connectivity index (χ3v) is 6.27. The molecule has 42 heavy (non-hydrogen) atoms. The number of carboxylic acids is 1. The Balaban J connectivity index is 1.77. The van der Waals surface area contributed by atoms with E-state index < -0.39 is 42.1 Å². The van der Waals surface area contributed by atoms with Crippen LogP contribution < -0.4 is 14.2 Å². The summed E-state index contributed by atoms with van der Waals surface area (Å²) < 4.78 is 91.6. The Morgan fingerprint density at radius 2 is 1.48 bits per heavy atom. The van der Waals surface area contributed by atoms with Crippen LogP contribution in [-0.2, 0) is 11.3 Å². The molecule has 0 aliphatic carbocycles. The maximum atomic E-state index is 13.6. The number of aliphatic carboxylic acids is 1. The maximum Gasteiger partial charge on any atom is 0.573 e. The van der Waals surface area contributed by atoms with Crippen LogP contribution >= 0.6 is 0 Å². The SMILES string of the molecule is CCC(Oc1cccc(Cn2c(C)c(C(=O)c3ccc(OC(F)(F)F)cc3)c3ccc(OC(F)(F)F)cc32)c1)C(=O)O. The number of carbonyl (C=O) groups excluding carboxylic acids is 1. The van der Waals surface area contributed by atoms with Crippen LogP contribution in [0.2, 0.25) is 0 Å². The molecule has 1 atom stereocenters. The van der Waals surface area contributed by atoms with Gasteiger partial charge in [-0.15, -0.1) is 26.3 Å². The third-order valence-electron chi connectivity index (χ3n) is 6.27. The van der Waals surface area contributed by atoms with Gasteiger partial charge in [-0.05, 0) is 67.4 Å². The first-order valence-electron chi connectivity index (χ1n) is 12.4. The van der Waals surface area contributed by atoms with Crippen molar-refractivity contribution in [3.63, 3.8) is 0 Å². The maximum absolute atomic E-state index is 13.6. The number of hydrogen-bond acceptors (Lipinski definition) is 5. The monoisotopic (exact) mass is 595 g/mol. The summed E-state index contributed by atoms with van der Waals surface area (Å²) in [6, 6.07) is 14.2. The molecule has 4 aromatic rings. The zero-order valence-corrected chi connectivity index (χ0v) is 22.0. The van der Waals surface area contributed by atoms with Gasteiger partial charge in [0.25, 0.3) is 0 Å². The highest BCUT2D eigenvalue weighted by Gasteiger charge is 2.32. The Morgan fingerprint density at radius 1 is 0.857 bits per heavy atom. The summed E-state index contributed by atoms with van der Waals surface area (Å²) in [7, 11) is 0. The van der Waals surface area contributed by atoms with Gasteiger partial charge in [-0.3, -0.25) is 4.79 Å². The quantitative estimate of drug-likeness (QED) is 0.153. The lowest BCUT2D eigenvalue weighted by Crippen LogP contribution is -2.25. The van der Waals surface area contributed by atoms with Gasteiger partial charge in [0.1, 0.15) is 17.2 Å². The van der Waals surface area contributed by atoms with E-state index >= 15 is 0 Å². The van der Waals surface area contributed by atoms with Crippen molar-refractivity contribution in [1.82, 2.24) is 4.57 Å². The molecule has 0 spiro atoms. The van der Waals surface area contributed by atoms with Crippen LogP contribution in [-0.4, -0.2) is 40.3 Å². The van der Waals surface area contributed by atoms with Crippen molar-refractivity contribution in [1.29, 1.82) is 0 Å². The molecule has 0 radical (unpaired) electrons. The minimum atomic E-state index is -4.97. The van der Waals surface area contributed by atoms with Crippen LogP contribution in [0, 0.1) is 6.92 Å². The number of carboxylic acid groups (broad SMARTS) is 1. The number of aromatic nitrogens is 1. The highest BCUT2D eigenvalue weighted by atomic mass is 19.4. The van der Waals surface area contributed by atoms with Crippen LogP contribution in [0.4, 0.5) is 26.3 Å². The van der Waals surface area contributed by atoms with Crippen LogP contribution in [0.1, 0.15) is 40.5 Å². The first-order valence-corrected chi connectivity index (χ1v) is 12.4. The molecule has 3 aromatic carbocycles. The van der Waals surface area contributed by atoms with E-state index in [2.05, 4.69) is 9.47 Å². The molecule has 4 rings (SSSR count). The normalized spacial score (nSPS) is 12.7. The number of nitrogens with zero attached hydrogens (tertiary/aromatic N) is 1. The summed E-state index contributed by atoms with van der Waals surface area (Å²) in [5.41, 5.74) is 1.31. The van der Waals surface area contributed by atoms with Gasteiger partial charge in [-0.2, -0.15) is 0 Å². The van der Waals surface area contributed by atoms with Crippen molar-refractivity contribution in [3.8, 4) is 17.2 Å². The number of rotatable bonds is 10. The molecule has 0 saturated carbocycles. The number of benzene rings is 3. The fraction of sp³-hybridized carbons (Fsp3) is 0.241. The van der Waals surface area contributed by atoms with Crippen molar-refractivity contribution in [2.45, 2.75) is 45.6 Å². The van der Waals surface area contributed by atoms with E-state index in [9.17, 15) is 41.0 Å². The number of fused-ring (bicyclic) bond motifs is 1. The molecule has 1 aromatic heterocycles. The Bertz CT molecular complexity index is 1610. The molecule has 1 unspecified atom stereocenters. The second-order valence-electron chi connectivity index (χ2n) is 9.18. The van der Waals surface area contributed by atoms with E-state index in [1.165, 1.54) is 6.07 Å². The van der Waals surface area contributed by atoms with Gasteiger partial charge in [0.15, 0.2) is 11.9 Å². The molecule has 7 nitrogen and oxygen atoms in total. The van der Waals surface area contributed by atoms with Crippen LogP contribution in [0.25, 0.3) is 10.9 Å². The molecule has 1 N–H and O–H groups in total. The zero-order chi connectivity index (χ0) is 30.8. The minimum Gasteiger partial charge on any atom is -0.479 e. The molecule has 222 valence electrons. The van der Waals surface area contributed by atoms with E-state index in [1.54, 1.807) is 42.7 Å². The molecular weight excluding hydrogens is 572 g/mol. The number of hydrogen-bond donors (Lipinski definition) is 1. The number of halogens is 6. The average Bonchev–Trinajstić information content (AvgIpc) is 3.16. The Morgan fingerprint density at radius 3 is 2.07 bits per heavy atom. The molecule has 0 aliphatic rings. The second-order valence-corrected chi connectivity index (χ2v) is 9.18. The lowest BCUT2D eigenvalue weighted by Gasteiger charge is -2.15. The van der Waals surface area contributed by atoms with Gasteiger partial charge in [-0.25, -0.2) is 4.79 Å². The summed E-state index contributed by atoms with van der Waals surface area (Å²) in [6.07, 6.45) is -10.8. The predicted molar refractivity (Wildman–Crippen MR) is 138 cm³/mol. The second kappa shape index (κ2) is 11.7. The van der Waals surface area contributed by atoms with Gasteiger partial charge >= 0.3 is 18.7 Å². The first kappa shape index (κ1) is 30.3. The lowest BCUT2D eigenvalue weighted by molar-refractivity contribution is -0.275. The summed E-state index contributed by atoms with van der Waals surface area (Å²) in [6.45, 7) is 3.27. The molecule has 0 fully saturated rings. The zero-order valence-electron chi connectivity index (χ0n) is 22.0. The molecule has 0 amide bonds. The van der Waals surface area contributed by atoms with Gasteiger partial charge in [0.2, 0.25) is 0 Å². The van der Waals surface area contributed by atoms with E-state index in [4.69, 9.17) is 4.74 Å². The van der Waals surface area contributed by atoms with Crippen LogP contribution in [0.3, 0.4) is 0 Å². The molecule has 0 aliphatic heterocycles. The fourth-order valence-electron chi connectivity index (χ4n) is 4.47. The van der Waals surface area contributed by atoms with Gasteiger partial charge < -0.3 is 23.9 Å². The summed E-state index contributed by atoms with van der Waals surface area (Å²) >= 11 is 0. The van der Waals surface area contributed by atoms with E-state index in [0.29, 0.717) is 11.3 Å². The predicted octanol–water partition coefficient (Wildman–Crippen LogP) is 7.27. The number of ether oxygens (including phenoxy) is 3. The Labute approximate surface area is 234 Å². The van der Waals surface area contributed by atoms with E-state index in [1.807, 2.05) is 0 Å².